The smallest absolute Gasteiger partial charge is 0.433 e. The molecule has 262 valence electrons. The average molecular weight is 685 g/mol. The van der Waals surface area contributed by atoms with Gasteiger partial charge in [0, 0.05) is 36.6 Å². The van der Waals surface area contributed by atoms with Crippen LogP contribution in [0.5, 0.6) is 0 Å². The standard InChI is InChI=1S/C34H38F6N2O6/c35-33(36,37)25-7-3-6-23-24(16-27(34(38,39)40)41-28(23)25)29(43)26-8-1-2-10-42(26)30(44)45-22-5-4-9-31(17-22)46-32(48-47-31)20-12-18-11-19(14-20)15-21(32)13-18/h3,6-7,16,18-22,26,29,43H,1-2,4-5,8-15,17H2. The molecule has 2 aliphatic heterocycles. The Balaban J connectivity index is 1.02. The van der Waals surface area contributed by atoms with Crippen molar-refractivity contribution in [2.75, 3.05) is 6.54 Å². The van der Waals surface area contributed by atoms with Gasteiger partial charge >= 0.3 is 18.4 Å². The van der Waals surface area contributed by atoms with Crippen molar-refractivity contribution in [2.45, 2.75) is 119 Å². The molecule has 1 amide bonds. The zero-order valence-electron chi connectivity index (χ0n) is 26.2. The van der Waals surface area contributed by atoms with E-state index in [1.807, 2.05) is 0 Å². The zero-order valence-corrected chi connectivity index (χ0v) is 26.2. The van der Waals surface area contributed by atoms with Crippen molar-refractivity contribution in [3.05, 3.63) is 41.1 Å². The van der Waals surface area contributed by atoms with Crippen LogP contribution in [0, 0.1) is 23.7 Å². The van der Waals surface area contributed by atoms with Gasteiger partial charge in [0.1, 0.15) is 17.9 Å². The molecule has 1 aromatic carbocycles. The summed E-state index contributed by atoms with van der Waals surface area (Å²) in [4.78, 5) is 30.5. The number of aromatic nitrogens is 1. The topological polar surface area (TPSA) is 90.4 Å². The summed E-state index contributed by atoms with van der Waals surface area (Å²) in [6.45, 7) is 0.159. The maximum absolute atomic E-state index is 13.9. The number of pyridine rings is 1. The van der Waals surface area contributed by atoms with E-state index in [1.54, 1.807) is 0 Å². The number of para-hydroxylation sites is 1. The average Bonchev–Trinajstić information content (AvgIpc) is 3.40. The molecule has 1 aromatic heterocycles. The predicted octanol–water partition coefficient (Wildman–Crippen LogP) is 8.07. The van der Waals surface area contributed by atoms with Crippen LogP contribution in [0.1, 0.15) is 100.0 Å². The molecular weight excluding hydrogens is 646 g/mol. The Bertz CT molecular complexity index is 1560. The second-order valence-corrected chi connectivity index (χ2v) is 14.8. The molecule has 1 N–H and O–H groups in total. The van der Waals surface area contributed by atoms with E-state index in [-0.39, 0.29) is 42.2 Å². The molecular formula is C34H38F6N2O6. The Kier molecular flexibility index (Phi) is 7.74. The molecule has 8 nitrogen and oxygen atoms in total. The summed E-state index contributed by atoms with van der Waals surface area (Å²) >= 11 is 0. The van der Waals surface area contributed by atoms with Crippen molar-refractivity contribution in [3.63, 3.8) is 0 Å². The first-order valence-corrected chi connectivity index (χ1v) is 17.0. The van der Waals surface area contributed by atoms with Crippen LogP contribution in [-0.4, -0.2) is 51.3 Å². The van der Waals surface area contributed by atoms with E-state index in [0.29, 0.717) is 56.1 Å². The van der Waals surface area contributed by atoms with Gasteiger partial charge in [-0.25, -0.2) is 9.78 Å². The van der Waals surface area contributed by atoms with Gasteiger partial charge in [0.2, 0.25) is 11.6 Å². The van der Waals surface area contributed by atoms with Crippen molar-refractivity contribution in [3.8, 4) is 0 Å². The van der Waals surface area contributed by atoms with Crippen LogP contribution in [0.3, 0.4) is 0 Å². The van der Waals surface area contributed by atoms with Crippen molar-refractivity contribution in [2.24, 2.45) is 23.7 Å². The largest absolute Gasteiger partial charge is 0.446 e. The number of hydrogen-bond acceptors (Lipinski definition) is 7. The highest BCUT2D eigenvalue weighted by atomic mass is 19.4. The maximum Gasteiger partial charge on any atom is 0.433 e. The van der Waals surface area contributed by atoms with Gasteiger partial charge in [-0.1, -0.05) is 12.1 Å². The number of amides is 1. The fourth-order valence-electron chi connectivity index (χ4n) is 9.85. The number of benzene rings is 1. The van der Waals surface area contributed by atoms with Gasteiger partial charge in [0.05, 0.1) is 17.1 Å². The fourth-order valence-corrected chi connectivity index (χ4v) is 9.85. The van der Waals surface area contributed by atoms with Gasteiger partial charge in [-0.2, -0.15) is 36.1 Å². The van der Waals surface area contributed by atoms with Crippen LogP contribution >= 0.6 is 0 Å². The van der Waals surface area contributed by atoms with Crippen LogP contribution < -0.4 is 0 Å². The first-order chi connectivity index (χ1) is 22.7. The Hall–Kier alpha value is -2.68. The SMILES string of the molecule is O=C(OC1CCCC2(C1)OOC1(O2)C2CC3CC(C2)CC1C3)N1CCCCC1C(O)c1cc(C(F)(F)F)nc2c(C(F)(F)F)cccc12. The molecule has 0 radical (unpaired) electrons. The second-order valence-electron chi connectivity index (χ2n) is 14.8. The summed E-state index contributed by atoms with van der Waals surface area (Å²) in [5.74, 6) is 0.0930. The predicted molar refractivity (Wildman–Crippen MR) is 156 cm³/mol. The molecule has 5 saturated carbocycles. The summed E-state index contributed by atoms with van der Waals surface area (Å²) in [6, 6.07) is 2.45. The number of likely N-dealkylation sites (tertiary alicyclic amines) is 1. The number of alkyl halides is 6. The highest BCUT2D eigenvalue weighted by Crippen LogP contribution is 2.64. The van der Waals surface area contributed by atoms with Gasteiger partial charge < -0.3 is 19.5 Å². The van der Waals surface area contributed by atoms with E-state index in [4.69, 9.17) is 19.2 Å². The summed E-state index contributed by atoms with van der Waals surface area (Å²) in [5.41, 5.74) is -4.21. The monoisotopic (exact) mass is 684 g/mol. The highest BCUT2D eigenvalue weighted by Gasteiger charge is 2.67. The van der Waals surface area contributed by atoms with E-state index < -0.39 is 65.0 Å². The summed E-state index contributed by atoms with van der Waals surface area (Å²) < 4.78 is 95.9. The number of aliphatic hydroxyl groups is 1. The van der Waals surface area contributed by atoms with Crippen LogP contribution in [-0.2, 0) is 31.6 Å². The Morgan fingerprint density at radius 1 is 0.958 bits per heavy atom. The Morgan fingerprint density at radius 3 is 2.38 bits per heavy atom. The number of piperidine rings is 1. The lowest BCUT2D eigenvalue weighted by atomic mass is 9.53. The third-order valence-electron chi connectivity index (χ3n) is 11.8. The third-order valence-corrected chi connectivity index (χ3v) is 11.8. The van der Waals surface area contributed by atoms with Gasteiger partial charge in [0.15, 0.2) is 0 Å². The molecule has 48 heavy (non-hydrogen) atoms. The Morgan fingerprint density at radius 2 is 1.69 bits per heavy atom. The van der Waals surface area contributed by atoms with Gasteiger partial charge in [-0.05, 0) is 93.7 Å². The molecule has 2 saturated heterocycles. The summed E-state index contributed by atoms with van der Waals surface area (Å²) in [7, 11) is 0. The molecule has 2 spiro atoms. The third kappa shape index (κ3) is 5.45. The lowest BCUT2D eigenvalue weighted by molar-refractivity contribution is -0.390. The van der Waals surface area contributed by atoms with E-state index in [0.717, 1.165) is 31.7 Å². The molecule has 2 aromatic rings. The van der Waals surface area contributed by atoms with E-state index in [1.165, 1.54) is 17.4 Å². The minimum atomic E-state index is -5.08. The fraction of sp³-hybridized carbons (Fsp3) is 0.706. The molecule has 4 atom stereocenters. The highest BCUT2D eigenvalue weighted by molar-refractivity contribution is 5.86. The number of rotatable bonds is 3. The number of ether oxygens (including phenoxy) is 2. The van der Waals surface area contributed by atoms with Crippen LogP contribution in [0.2, 0.25) is 0 Å². The number of hydrogen-bond donors (Lipinski definition) is 1. The van der Waals surface area contributed by atoms with Crippen LogP contribution in [0.4, 0.5) is 31.1 Å². The minimum absolute atomic E-state index is 0.159. The molecule has 9 rings (SSSR count). The quantitative estimate of drug-likeness (QED) is 0.258. The first kappa shape index (κ1) is 32.5. The van der Waals surface area contributed by atoms with Gasteiger partial charge in [-0.15, -0.1) is 0 Å². The van der Waals surface area contributed by atoms with Crippen molar-refractivity contribution in [1.29, 1.82) is 0 Å². The number of aliphatic hydroxyl groups excluding tert-OH is 1. The second kappa shape index (κ2) is 11.4. The first-order valence-electron chi connectivity index (χ1n) is 17.0. The van der Waals surface area contributed by atoms with E-state index in [9.17, 15) is 36.2 Å². The number of carbonyl (C=O) groups is 1. The number of nitrogens with zero attached hydrogens (tertiary/aromatic N) is 2. The molecule has 7 fully saturated rings. The van der Waals surface area contributed by atoms with Crippen molar-refractivity contribution in [1.82, 2.24) is 9.88 Å². The molecule has 4 unspecified atom stereocenters. The lowest BCUT2D eigenvalue weighted by Gasteiger charge is -2.57. The molecule has 4 bridgehead atoms. The number of fused-ring (bicyclic) bond motifs is 1. The lowest BCUT2D eigenvalue weighted by Crippen LogP contribution is -2.59. The number of halogens is 6. The molecule has 7 aliphatic rings. The van der Waals surface area contributed by atoms with Crippen LogP contribution in [0.15, 0.2) is 24.3 Å². The summed E-state index contributed by atoms with van der Waals surface area (Å²) in [6.07, 6.45) is -4.34. The summed E-state index contributed by atoms with van der Waals surface area (Å²) in [5, 5.41) is 11.3. The molecule has 3 heterocycles. The van der Waals surface area contributed by atoms with Crippen LogP contribution in [0.25, 0.3) is 10.9 Å². The minimum Gasteiger partial charge on any atom is -0.446 e. The zero-order chi connectivity index (χ0) is 33.6. The molecule has 14 heteroatoms. The van der Waals surface area contributed by atoms with E-state index >= 15 is 0 Å². The normalized spacial score (nSPS) is 37.1. The van der Waals surface area contributed by atoms with E-state index in [2.05, 4.69) is 4.98 Å². The van der Waals surface area contributed by atoms with Gasteiger partial charge in [-0.3, -0.25) is 0 Å². The molecule has 5 aliphatic carbocycles. The van der Waals surface area contributed by atoms with Crippen molar-refractivity contribution >= 4 is 17.0 Å². The maximum atomic E-state index is 13.9. The number of carbonyl (C=O) groups excluding carboxylic acids is 1. The van der Waals surface area contributed by atoms with Gasteiger partial charge in [0.25, 0.3) is 0 Å². The van der Waals surface area contributed by atoms with Crippen molar-refractivity contribution < 1.29 is 55.5 Å². The Labute approximate surface area is 273 Å².